The predicted molar refractivity (Wildman–Crippen MR) is 133 cm³/mol. The van der Waals surface area contributed by atoms with Gasteiger partial charge in [0.15, 0.2) is 0 Å². The number of aromatic nitrogens is 2. The fourth-order valence-electron chi connectivity index (χ4n) is 4.23. The van der Waals surface area contributed by atoms with Crippen molar-refractivity contribution in [3.8, 4) is 0 Å². The van der Waals surface area contributed by atoms with Gasteiger partial charge in [0.1, 0.15) is 0 Å². The molecule has 0 spiro atoms. The second-order valence-electron chi connectivity index (χ2n) is 8.32. The first kappa shape index (κ1) is 23.0. The van der Waals surface area contributed by atoms with Crippen molar-refractivity contribution in [1.82, 2.24) is 14.5 Å². The number of carbonyl (C=O) groups excluding carboxylic acids is 1. The molecule has 1 atom stereocenters. The first-order chi connectivity index (χ1) is 15.5. The minimum absolute atomic E-state index is 0.110. The van der Waals surface area contributed by atoms with E-state index in [9.17, 15) is 4.79 Å². The van der Waals surface area contributed by atoms with E-state index in [0.717, 1.165) is 41.7 Å². The average Bonchev–Trinajstić information content (AvgIpc) is 3.21. The molecule has 7 heteroatoms. The summed E-state index contributed by atoms with van der Waals surface area (Å²) in [5, 5.41) is 0.652. The zero-order valence-electron chi connectivity index (χ0n) is 18.3. The molecular formula is C25H28BrClN4O. The number of piperazine rings is 1. The van der Waals surface area contributed by atoms with Gasteiger partial charge in [-0.3, -0.25) is 9.69 Å². The molecule has 1 aliphatic heterocycles. The number of hydrogen-bond acceptors (Lipinski definition) is 3. The van der Waals surface area contributed by atoms with Crippen molar-refractivity contribution in [2.75, 3.05) is 18.0 Å². The highest BCUT2D eigenvalue weighted by atomic mass is 79.9. The minimum atomic E-state index is 0.110. The Balaban J connectivity index is 1.51. The second kappa shape index (κ2) is 10.6. The molecule has 168 valence electrons. The molecule has 1 aromatic heterocycles. The summed E-state index contributed by atoms with van der Waals surface area (Å²) in [6.45, 7) is 4.75. The van der Waals surface area contributed by atoms with Gasteiger partial charge < -0.3 is 9.47 Å². The lowest BCUT2D eigenvalue weighted by molar-refractivity contribution is -0.122. The fourth-order valence-corrected chi connectivity index (χ4v) is 4.67. The van der Waals surface area contributed by atoms with Crippen LogP contribution in [0.5, 0.6) is 0 Å². The maximum Gasteiger partial charge on any atom is 0.241 e. The molecule has 0 bridgehead atoms. The van der Waals surface area contributed by atoms with Crippen LogP contribution in [0.4, 0.5) is 5.69 Å². The lowest BCUT2D eigenvalue weighted by Crippen LogP contribution is -2.56. The first-order valence-electron chi connectivity index (χ1n) is 11.1. The molecule has 1 unspecified atom stereocenters. The summed E-state index contributed by atoms with van der Waals surface area (Å²) in [5.41, 5.74) is 3.22. The van der Waals surface area contributed by atoms with Gasteiger partial charge >= 0.3 is 0 Å². The Kier molecular flexibility index (Phi) is 7.66. The summed E-state index contributed by atoms with van der Waals surface area (Å²) in [7, 11) is 0. The van der Waals surface area contributed by atoms with Crippen molar-refractivity contribution < 1.29 is 4.79 Å². The van der Waals surface area contributed by atoms with Crippen LogP contribution in [0.15, 0.2) is 65.5 Å². The highest BCUT2D eigenvalue weighted by molar-refractivity contribution is 9.10. The van der Waals surface area contributed by atoms with E-state index in [4.69, 9.17) is 11.6 Å². The Bertz CT molecular complexity index is 1050. The number of carbonyl (C=O) groups is 1. The lowest BCUT2D eigenvalue weighted by atomic mass is 10.0. The van der Waals surface area contributed by atoms with Crippen LogP contribution in [0.3, 0.4) is 0 Å². The summed E-state index contributed by atoms with van der Waals surface area (Å²) in [6.07, 6.45) is 7.13. The number of amides is 1. The second-order valence-corrected chi connectivity index (χ2v) is 9.68. The van der Waals surface area contributed by atoms with Crippen LogP contribution in [-0.2, 0) is 17.9 Å². The van der Waals surface area contributed by atoms with Crippen molar-refractivity contribution in [2.24, 2.45) is 0 Å². The normalized spacial score (nSPS) is 17.2. The molecule has 2 heterocycles. The number of unbranched alkanes of at least 4 members (excludes halogenated alkanes) is 1. The number of imidazole rings is 1. The molecule has 0 radical (unpaired) electrons. The third kappa shape index (κ3) is 5.61. The van der Waals surface area contributed by atoms with Crippen molar-refractivity contribution in [2.45, 2.75) is 45.3 Å². The van der Waals surface area contributed by atoms with Crippen LogP contribution in [0, 0.1) is 0 Å². The highest BCUT2D eigenvalue weighted by Crippen LogP contribution is 2.26. The van der Waals surface area contributed by atoms with E-state index < -0.39 is 0 Å². The van der Waals surface area contributed by atoms with Crippen molar-refractivity contribution in [1.29, 1.82) is 0 Å². The zero-order chi connectivity index (χ0) is 22.5. The van der Waals surface area contributed by atoms with Crippen LogP contribution in [0.25, 0.3) is 0 Å². The molecular weight excluding hydrogens is 488 g/mol. The molecule has 0 N–H and O–H groups in total. The highest BCUT2D eigenvalue weighted by Gasteiger charge is 2.33. The van der Waals surface area contributed by atoms with Crippen molar-refractivity contribution in [3.63, 3.8) is 0 Å². The Hall–Kier alpha value is -2.15. The van der Waals surface area contributed by atoms with Crippen LogP contribution in [0.1, 0.15) is 37.4 Å². The van der Waals surface area contributed by atoms with Gasteiger partial charge in [0, 0.05) is 47.1 Å². The van der Waals surface area contributed by atoms with Gasteiger partial charge in [0.25, 0.3) is 0 Å². The number of benzene rings is 2. The molecule has 0 aliphatic carbocycles. The number of anilines is 1. The smallest absolute Gasteiger partial charge is 0.241 e. The van der Waals surface area contributed by atoms with Gasteiger partial charge in [-0.1, -0.05) is 65.5 Å². The average molecular weight is 516 g/mol. The lowest BCUT2D eigenvalue weighted by Gasteiger charge is -2.41. The minimum Gasteiger partial charge on any atom is -0.329 e. The third-order valence-corrected chi connectivity index (χ3v) is 6.75. The first-order valence-corrected chi connectivity index (χ1v) is 12.2. The zero-order valence-corrected chi connectivity index (χ0v) is 20.6. The Morgan fingerprint density at radius 1 is 1.16 bits per heavy atom. The quantitative estimate of drug-likeness (QED) is 0.383. The van der Waals surface area contributed by atoms with Crippen LogP contribution in [0.2, 0.25) is 5.02 Å². The predicted octanol–water partition coefficient (Wildman–Crippen LogP) is 5.75. The maximum absolute atomic E-state index is 13.1. The van der Waals surface area contributed by atoms with E-state index in [2.05, 4.69) is 61.6 Å². The molecule has 0 saturated carbocycles. The molecule has 1 aliphatic rings. The number of rotatable bonds is 8. The molecule has 4 rings (SSSR count). The molecule has 2 aromatic carbocycles. The topological polar surface area (TPSA) is 41.4 Å². The molecule has 3 aromatic rings. The Morgan fingerprint density at radius 2 is 1.97 bits per heavy atom. The summed E-state index contributed by atoms with van der Waals surface area (Å²) in [6, 6.07) is 16.2. The van der Waals surface area contributed by atoms with E-state index in [1.165, 1.54) is 5.56 Å². The fraction of sp³-hybridized carbons (Fsp3) is 0.360. The van der Waals surface area contributed by atoms with E-state index in [0.29, 0.717) is 30.7 Å². The van der Waals surface area contributed by atoms with E-state index >= 15 is 0 Å². The number of hydrogen-bond donors (Lipinski definition) is 0. The van der Waals surface area contributed by atoms with Gasteiger partial charge in [0.05, 0.1) is 18.6 Å². The largest absolute Gasteiger partial charge is 0.329 e. The molecule has 1 saturated heterocycles. The van der Waals surface area contributed by atoms with Gasteiger partial charge in [0.2, 0.25) is 5.91 Å². The summed E-state index contributed by atoms with van der Waals surface area (Å²) in [4.78, 5) is 21.7. The van der Waals surface area contributed by atoms with E-state index in [1.54, 1.807) is 0 Å². The summed E-state index contributed by atoms with van der Waals surface area (Å²) >= 11 is 9.68. The van der Waals surface area contributed by atoms with Crippen LogP contribution in [-0.4, -0.2) is 39.5 Å². The maximum atomic E-state index is 13.1. The molecule has 32 heavy (non-hydrogen) atoms. The summed E-state index contributed by atoms with van der Waals surface area (Å²) in [5.74, 6) is 0.110. The number of nitrogens with zero attached hydrogens (tertiary/aromatic N) is 4. The van der Waals surface area contributed by atoms with Crippen molar-refractivity contribution in [3.05, 3.63) is 81.8 Å². The van der Waals surface area contributed by atoms with E-state index in [-0.39, 0.29) is 5.91 Å². The van der Waals surface area contributed by atoms with Gasteiger partial charge in [-0.05, 0) is 42.3 Å². The molecule has 1 amide bonds. The molecule has 5 nitrogen and oxygen atoms in total. The van der Waals surface area contributed by atoms with Crippen molar-refractivity contribution >= 4 is 39.1 Å². The standard InChI is InChI=1S/C25H28BrClN4O/c1-2-3-6-23-16-31(22-7-4-5-21(27)12-22)25(32)17-29(23)15-24-13-28-18-30(24)14-19-8-10-20(26)11-9-19/h4-5,7-13,18,23H,2-3,6,14-17H2,1H3. The van der Waals surface area contributed by atoms with Crippen LogP contribution < -0.4 is 4.90 Å². The monoisotopic (exact) mass is 514 g/mol. The van der Waals surface area contributed by atoms with E-state index in [1.807, 2.05) is 41.7 Å². The summed E-state index contributed by atoms with van der Waals surface area (Å²) < 4.78 is 3.25. The van der Waals surface area contributed by atoms with Gasteiger partial charge in [-0.15, -0.1) is 0 Å². The Labute approximate surface area is 203 Å². The molecule has 1 fully saturated rings. The number of halogens is 2. The Morgan fingerprint density at radius 3 is 2.72 bits per heavy atom. The van der Waals surface area contributed by atoms with Gasteiger partial charge in [-0.2, -0.15) is 0 Å². The van der Waals surface area contributed by atoms with Crippen LogP contribution >= 0.6 is 27.5 Å². The third-order valence-electron chi connectivity index (χ3n) is 5.99. The SMILES string of the molecule is CCCCC1CN(c2cccc(Cl)c2)C(=O)CN1Cc1cncn1Cc1ccc(Br)cc1. The van der Waals surface area contributed by atoms with Gasteiger partial charge in [-0.25, -0.2) is 4.98 Å².